The smallest absolute Gasteiger partial charge is 0.400 e. The third kappa shape index (κ3) is 3.48. The fraction of sp³-hybridized carbons (Fsp3) is 0.600. The van der Waals surface area contributed by atoms with E-state index in [1.807, 2.05) is 13.1 Å². The molecule has 1 aromatic heterocycles. The standard InChI is InChI=1S/C15H25BN4O2/c1-14(2)15(3,4)22-16(21-14)12(10-17-5)7-11-8-19-13(18-6)20-9-11/h7-9,17H,10H2,1-6H3,(H,18,19,20). The molecule has 1 fully saturated rings. The van der Waals surface area contributed by atoms with Crippen LogP contribution in [0.15, 0.2) is 17.9 Å². The van der Waals surface area contributed by atoms with Gasteiger partial charge in [-0.2, -0.15) is 0 Å². The molecule has 0 bridgehead atoms. The maximum absolute atomic E-state index is 6.11. The van der Waals surface area contributed by atoms with Crippen LogP contribution in [0, 0.1) is 0 Å². The number of aromatic nitrogens is 2. The molecule has 22 heavy (non-hydrogen) atoms. The van der Waals surface area contributed by atoms with Gasteiger partial charge in [-0.05, 0) is 40.2 Å². The highest BCUT2D eigenvalue weighted by Gasteiger charge is 2.52. The Morgan fingerprint density at radius 3 is 2.14 bits per heavy atom. The van der Waals surface area contributed by atoms with Crippen molar-refractivity contribution in [2.75, 3.05) is 26.0 Å². The lowest BCUT2D eigenvalue weighted by atomic mass is 9.77. The summed E-state index contributed by atoms with van der Waals surface area (Å²) in [6.07, 6.45) is 5.57. The Hall–Kier alpha value is -1.44. The summed E-state index contributed by atoms with van der Waals surface area (Å²) in [5.74, 6) is 0.600. The van der Waals surface area contributed by atoms with E-state index < -0.39 is 0 Å². The third-order valence-corrected chi connectivity index (χ3v) is 4.18. The molecule has 0 aliphatic carbocycles. The zero-order valence-corrected chi connectivity index (χ0v) is 14.2. The first kappa shape index (κ1) is 16.9. The van der Waals surface area contributed by atoms with Gasteiger partial charge in [0.25, 0.3) is 0 Å². The van der Waals surface area contributed by atoms with E-state index in [1.165, 1.54) is 0 Å². The summed E-state index contributed by atoms with van der Waals surface area (Å²) in [5.41, 5.74) is 1.23. The summed E-state index contributed by atoms with van der Waals surface area (Å²) < 4.78 is 12.2. The van der Waals surface area contributed by atoms with E-state index >= 15 is 0 Å². The largest absolute Gasteiger partial charge is 0.491 e. The first-order chi connectivity index (χ1) is 10.3. The molecule has 1 saturated heterocycles. The van der Waals surface area contributed by atoms with Gasteiger partial charge in [0.05, 0.1) is 11.2 Å². The molecule has 0 saturated carbocycles. The topological polar surface area (TPSA) is 68.3 Å². The Morgan fingerprint density at radius 1 is 1.14 bits per heavy atom. The molecule has 0 amide bonds. The fourth-order valence-corrected chi connectivity index (χ4v) is 2.16. The number of anilines is 1. The molecule has 0 aromatic carbocycles. The van der Waals surface area contributed by atoms with Crippen molar-refractivity contribution < 1.29 is 9.31 Å². The predicted octanol–water partition coefficient (Wildman–Crippen LogP) is 1.75. The van der Waals surface area contributed by atoms with E-state index in [1.54, 1.807) is 19.4 Å². The summed E-state index contributed by atoms with van der Waals surface area (Å²) in [4.78, 5) is 8.45. The van der Waals surface area contributed by atoms with Gasteiger partial charge < -0.3 is 19.9 Å². The van der Waals surface area contributed by atoms with Crippen molar-refractivity contribution in [2.45, 2.75) is 38.9 Å². The quantitative estimate of drug-likeness (QED) is 0.808. The van der Waals surface area contributed by atoms with E-state index in [0.29, 0.717) is 12.5 Å². The molecule has 0 atom stereocenters. The van der Waals surface area contributed by atoms with Crippen molar-refractivity contribution >= 4 is 19.1 Å². The molecule has 2 N–H and O–H groups in total. The Morgan fingerprint density at radius 2 is 1.68 bits per heavy atom. The maximum atomic E-state index is 6.11. The summed E-state index contributed by atoms with van der Waals surface area (Å²) in [6.45, 7) is 8.87. The van der Waals surface area contributed by atoms with Gasteiger partial charge in [-0.25, -0.2) is 9.97 Å². The summed E-state index contributed by atoms with van der Waals surface area (Å²) in [6, 6.07) is 0. The minimum absolute atomic E-state index is 0.350. The monoisotopic (exact) mass is 304 g/mol. The molecule has 0 unspecified atom stereocenters. The van der Waals surface area contributed by atoms with Crippen LogP contribution in [0.3, 0.4) is 0 Å². The van der Waals surface area contributed by atoms with Crippen molar-refractivity contribution in [2.24, 2.45) is 0 Å². The highest BCUT2D eigenvalue weighted by molar-refractivity contribution is 6.55. The van der Waals surface area contributed by atoms with Crippen LogP contribution in [0.2, 0.25) is 0 Å². The van der Waals surface area contributed by atoms with Crippen LogP contribution in [0.5, 0.6) is 0 Å². The molecule has 7 heteroatoms. The average molecular weight is 304 g/mol. The van der Waals surface area contributed by atoms with Crippen molar-refractivity contribution in [3.05, 3.63) is 23.4 Å². The first-order valence-electron chi connectivity index (χ1n) is 7.49. The van der Waals surface area contributed by atoms with Gasteiger partial charge in [0.1, 0.15) is 0 Å². The zero-order valence-electron chi connectivity index (χ0n) is 14.2. The van der Waals surface area contributed by atoms with Gasteiger partial charge in [-0.1, -0.05) is 6.08 Å². The van der Waals surface area contributed by atoms with E-state index in [4.69, 9.17) is 9.31 Å². The van der Waals surface area contributed by atoms with Crippen molar-refractivity contribution in [1.29, 1.82) is 0 Å². The molecular weight excluding hydrogens is 279 g/mol. The first-order valence-corrected chi connectivity index (χ1v) is 7.49. The highest BCUT2D eigenvalue weighted by Crippen LogP contribution is 2.38. The van der Waals surface area contributed by atoms with Crippen LogP contribution in [-0.2, 0) is 9.31 Å². The van der Waals surface area contributed by atoms with Gasteiger partial charge >= 0.3 is 7.12 Å². The second kappa shape index (κ2) is 6.36. The molecule has 0 spiro atoms. The summed E-state index contributed by atoms with van der Waals surface area (Å²) in [5, 5.41) is 6.07. The van der Waals surface area contributed by atoms with Crippen LogP contribution in [-0.4, -0.2) is 48.9 Å². The van der Waals surface area contributed by atoms with E-state index in [2.05, 4.69) is 48.3 Å². The van der Waals surface area contributed by atoms with Gasteiger partial charge in [0, 0.05) is 31.5 Å². The number of hydrogen-bond acceptors (Lipinski definition) is 6. The van der Waals surface area contributed by atoms with E-state index in [0.717, 1.165) is 11.0 Å². The van der Waals surface area contributed by atoms with Gasteiger partial charge in [0.2, 0.25) is 5.95 Å². The highest BCUT2D eigenvalue weighted by atomic mass is 16.7. The lowest BCUT2D eigenvalue weighted by Gasteiger charge is -2.32. The normalized spacial score (nSPS) is 20.3. The van der Waals surface area contributed by atoms with Gasteiger partial charge in [-0.3, -0.25) is 0 Å². The molecule has 120 valence electrons. The molecule has 2 heterocycles. The van der Waals surface area contributed by atoms with Gasteiger partial charge in [0.15, 0.2) is 0 Å². The maximum Gasteiger partial charge on any atom is 0.491 e. The van der Waals surface area contributed by atoms with E-state index in [9.17, 15) is 0 Å². The number of hydrogen-bond donors (Lipinski definition) is 2. The average Bonchev–Trinajstić information content (AvgIpc) is 2.68. The Kier molecular flexibility index (Phi) is 4.89. The fourth-order valence-electron chi connectivity index (χ4n) is 2.16. The van der Waals surface area contributed by atoms with Crippen LogP contribution < -0.4 is 10.6 Å². The minimum atomic E-state index is -0.374. The third-order valence-electron chi connectivity index (χ3n) is 4.18. The Bertz CT molecular complexity index is 527. The Labute approximate surface area is 132 Å². The molecule has 2 rings (SSSR count). The lowest BCUT2D eigenvalue weighted by molar-refractivity contribution is 0.00578. The van der Waals surface area contributed by atoms with Crippen LogP contribution in [0.4, 0.5) is 5.95 Å². The van der Waals surface area contributed by atoms with Crippen LogP contribution >= 0.6 is 0 Å². The number of nitrogens with zero attached hydrogens (tertiary/aromatic N) is 2. The van der Waals surface area contributed by atoms with Crippen molar-refractivity contribution in [1.82, 2.24) is 15.3 Å². The van der Waals surface area contributed by atoms with Crippen molar-refractivity contribution in [3.63, 3.8) is 0 Å². The van der Waals surface area contributed by atoms with Crippen LogP contribution in [0.1, 0.15) is 33.3 Å². The SMILES string of the molecule is CNCC(=Cc1cnc(NC)nc1)B1OC(C)(C)C(C)(C)O1. The zero-order chi connectivity index (χ0) is 16.4. The number of rotatable bonds is 5. The summed E-state index contributed by atoms with van der Waals surface area (Å²) in [7, 11) is 3.32. The second-order valence-corrected chi connectivity index (χ2v) is 6.43. The number of likely N-dealkylation sites (N-methyl/N-ethyl adjacent to an activating group) is 1. The van der Waals surface area contributed by atoms with Crippen LogP contribution in [0.25, 0.3) is 6.08 Å². The molecule has 0 radical (unpaired) electrons. The molecule has 1 aliphatic heterocycles. The van der Waals surface area contributed by atoms with Crippen molar-refractivity contribution in [3.8, 4) is 0 Å². The predicted molar refractivity (Wildman–Crippen MR) is 89.6 cm³/mol. The molecule has 1 aliphatic rings. The molecule has 1 aromatic rings. The lowest BCUT2D eigenvalue weighted by Crippen LogP contribution is -2.41. The van der Waals surface area contributed by atoms with Gasteiger partial charge in [-0.15, -0.1) is 0 Å². The Balaban J connectivity index is 2.24. The number of nitrogens with one attached hydrogen (secondary N) is 2. The molecule has 6 nitrogen and oxygen atoms in total. The minimum Gasteiger partial charge on any atom is -0.400 e. The summed E-state index contributed by atoms with van der Waals surface area (Å²) >= 11 is 0. The molecular formula is C15H25BN4O2. The second-order valence-electron chi connectivity index (χ2n) is 6.43. The van der Waals surface area contributed by atoms with E-state index in [-0.39, 0.29) is 18.3 Å².